The number of rotatable bonds is 1. The summed E-state index contributed by atoms with van der Waals surface area (Å²) in [6.45, 7) is 2.37. The topological polar surface area (TPSA) is 69.6 Å². The van der Waals surface area contributed by atoms with E-state index in [0.717, 1.165) is 16.0 Å². The van der Waals surface area contributed by atoms with E-state index < -0.39 is 6.09 Å². The van der Waals surface area contributed by atoms with Crippen molar-refractivity contribution in [2.24, 2.45) is 0 Å². The third-order valence-corrected chi connectivity index (χ3v) is 3.85. The summed E-state index contributed by atoms with van der Waals surface area (Å²) < 4.78 is 5.49. The molecule has 0 aliphatic carbocycles. The first kappa shape index (κ1) is 11.2. The number of amides is 1. The van der Waals surface area contributed by atoms with Crippen molar-refractivity contribution in [3.8, 4) is 0 Å². The van der Waals surface area contributed by atoms with Gasteiger partial charge in [-0.05, 0) is 23.7 Å². The van der Waals surface area contributed by atoms with Crippen LogP contribution in [0.5, 0.6) is 0 Å². The molecule has 18 heavy (non-hydrogen) atoms. The smallest absolute Gasteiger partial charge is 0.407 e. The van der Waals surface area contributed by atoms with Crippen molar-refractivity contribution < 1.29 is 9.90 Å². The van der Waals surface area contributed by atoms with Crippen molar-refractivity contribution in [2.45, 2.75) is 0 Å². The Balaban J connectivity index is 1.82. The minimum atomic E-state index is -0.851. The second-order valence-corrected chi connectivity index (χ2v) is 4.92. The van der Waals surface area contributed by atoms with Crippen LogP contribution in [0, 0.1) is 0 Å². The van der Waals surface area contributed by atoms with E-state index in [9.17, 15) is 4.79 Å². The summed E-state index contributed by atoms with van der Waals surface area (Å²) in [6, 6.07) is 3.89. The number of hydrogen-bond donors (Lipinski definition) is 1. The van der Waals surface area contributed by atoms with Gasteiger partial charge < -0.3 is 14.9 Å². The summed E-state index contributed by atoms with van der Waals surface area (Å²) in [5, 5.41) is 8.91. The molecule has 0 aromatic carbocycles. The highest BCUT2D eigenvalue weighted by molar-refractivity contribution is 7.13. The van der Waals surface area contributed by atoms with E-state index >= 15 is 0 Å². The highest BCUT2D eigenvalue weighted by atomic mass is 32.1. The Morgan fingerprint density at radius 3 is 2.83 bits per heavy atom. The molecule has 1 aliphatic rings. The van der Waals surface area contributed by atoms with E-state index in [0.29, 0.717) is 26.2 Å². The molecule has 1 fully saturated rings. The van der Waals surface area contributed by atoms with Crippen LogP contribution in [0.2, 0.25) is 0 Å². The number of carboxylic acid groups (broad SMARTS) is 1. The predicted octanol–water partition coefficient (Wildman–Crippen LogP) is 1.49. The molecule has 94 valence electrons. The molecular formula is C11H12N4O2S. The van der Waals surface area contributed by atoms with Gasteiger partial charge in [0.05, 0.1) is 4.70 Å². The third-order valence-electron chi connectivity index (χ3n) is 3.06. The SMILES string of the molecule is O=C(O)N1CCN(c2nsc3cccnc23)CC1. The Morgan fingerprint density at radius 2 is 2.11 bits per heavy atom. The van der Waals surface area contributed by atoms with Crippen LogP contribution in [0.1, 0.15) is 0 Å². The van der Waals surface area contributed by atoms with Crippen LogP contribution in [0.3, 0.4) is 0 Å². The Kier molecular flexibility index (Phi) is 2.75. The normalized spacial score (nSPS) is 16.2. The predicted molar refractivity (Wildman–Crippen MR) is 69.2 cm³/mol. The Bertz CT molecular complexity index is 577. The van der Waals surface area contributed by atoms with Gasteiger partial charge in [-0.1, -0.05) is 0 Å². The van der Waals surface area contributed by atoms with Gasteiger partial charge in [0.1, 0.15) is 5.52 Å². The molecule has 1 saturated heterocycles. The number of hydrogen-bond acceptors (Lipinski definition) is 5. The van der Waals surface area contributed by atoms with Gasteiger partial charge in [-0.15, -0.1) is 0 Å². The fourth-order valence-electron chi connectivity index (χ4n) is 2.08. The molecule has 1 aliphatic heterocycles. The highest BCUT2D eigenvalue weighted by Crippen LogP contribution is 2.27. The molecule has 3 heterocycles. The molecule has 2 aromatic heterocycles. The van der Waals surface area contributed by atoms with Crippen LogP contribution in [0.4, 0.5) is 10.6 Å². The maximum Gasteiger partial charge on any atom is 0.407 e. The number of pyridine rings is 1. The van der Waals surface area contributed by atoms with Crippen LogP contribution >= 0.6 is 11.5 Å². The van der Waals surface area contributed by atoms with Crippen molar-refractivity contribution in [3.63, 3.8) is 0 Å². The molecule has 3 rings (SSSR count). The van der Waals surface area contributed by atoms with Crippen molar-refractivity contribution in [3.05, 3.63) is 18.3 Å². The van der Waals surface area contributed by atoms with Gasteiger partial charge in [0, 0.05) is 32.4 Å². The third kappa shape index (κ3) is 1.86. The van der Waals surface area contributed by atoms with Crippen LogP contribution in [-0.2, 0) is 0 Å². The zero-order valence-corrected chi connectivity index (χ0v) is 10.4. The summed E-state index contributed by atoms with van der Waals surface area (Å²) in [4.78, 5) is 18.7. The van der Waals surface area contributed by atoms with E-state index in [1.807, 2.05) is 12.1 Å². The molecule has 0 spiro atoms. The maximum atomic E-state index is 10.8. The van der Waals surface area contributed by atoms with E-state index in [1.165, 1.54) is 16.4 Å². The first-order chi connectivity index (χ1) is 8.75. The second-order valence-electron chi connectivity index (χ2n) is 4.11. The van der Waals surface area contributed by atoms with Crippen LogP contribution in [-0.4, -0.2) is 51.6 Å². The molecule has 0 saturated carbocycles. The van der Waals surface area contributed by atoms with E-state index in [1.54, 1.807) is 6.20 Å². The average molecular weight is 264 g/mol. The summed E-state index contributed by atoms with van der Waals surface area (Å²) in [6.07, 6.45) is 0.907. The lowest BCUT2D eigenvalue weighted by Crippen LogP contribution is -2.48. The Hall–Kier alpha value is -1.89. The second kappa shape index (κ2) is 4.41. The Labute approximate surface area is 108 Å². The van der Waals surface area contributed by atoms with Crippen LogP contribution in [0.15, 0.2) is 18.3 Å². The molecule has 1 N–H and O–H groups in total. The minimum Gasteiger partial charge on any atom is -0.465 e. The molecule has 1 amide bonds. The van der Waals surface area contributed by atoms with Crippen molar-refractivity contribution in [1.82, 2.24) is 14.3 Å². The molecule has 2 aromatic rings. The number of anilines is 1. The summed E-state index contributed by atoms with van der Waals surface area (Å²) in [5.41, 5.74) is 0.909. The summed E-state index contributed by atoms with van der Waals surface area (Å²) in [7, 11) is 0. The van der Waals surface area contributed by atoms with Crippen molar-refractivity contribution >= 4 is 33.7 Å². The molecule has 6 nitrogen and oxygen atoms in total. The zero-order chi connectivity index (χ0) is 12.5. The molecule has 0 bridgehead atoms. The van der Waals surface area contributed by atoms with Crippen LogP contribution in [0.25, 0.3) is 10.2 Å². The van der Waals surface area contributed by atoms with E-state index in [2.05, 4.69) is 14.3 Å². The summed E-state index contributed by atoms with van der Waals surface area (Å²) in [5.74, 6) is 0.876. The molecule has 0 unspecified atom stereocenters. The minimum absolute atomic E-state index is 0.515. The fraction of sp³-hybridized carbons (Fsp3) is 0.364. The molecule has 0 atom stereocenters. The zero-order valence-electron chi connectivity index (χ0n) is 9.61. The fourth-order valence-corrected chi connectivity index (χ4v) is 2.84. The van der Waals surface area contributed by atoms with Gasteiger partial charge in [0.15, 0.2) is 5.82 Å². The maximum absolute atomic E-state index is 10.8. The number of fused-ring (bicyclic) bond motifs is 1. The molecule has 0 radical (unpaired) electrons. The van der Waals surface area contributed by atoms with E-state index in [4.69, 9.17) is 5.11 Å². The first-order valence-corrected chi connectivity index (χ1v) is 6.46. The number of nitrogens with zero attached hydrogens (tertiary/aromatic N) is 4. The lowest BCUT2D eigenvalue weighted by Gasteiger charge is -2.33. The Morgan fingerprint density at radius 1 is 1.33 bits per heavy atom. The highest BCUT2D eigenvalue weighted by Gasteiger charge is 2.23. The van der Waals surface area contributed by atoms with Crippen LogP contribution < -0.4 is 4.90 Å². The number of carbonyl (C=O) groups is 1. The molecule has 7 heteroatoms. The quantitative estimate of drug-likeness (QED) is 0.845. The lowest BCUT2D eigenvalue weighted by atomic mass is 10.3. The average Bonchev–Trinajstić information content (AvgIpc) is 2.82. The largest absolute Gasteiger partial charge is 0.465 e. The van der Waals surface area contributed by atoms with Gasteiger partial charge in [-0.2, -0.15) is 4.37 Å². The van der Waals surface area contributed by atoms with Gasteiger partial charge in [0.2, 0.25) is 0 Å². The number of piperazine rings is 1. The van der Waals surface area contributed by atoms with Gasteiger partial charge in [0.25, 0.3) is 0 Å². The monoisotopic (exact) mass is 264 g/mol. The van der Waals surface area contributed by atoms with Crippen molar-refractivity contribution in [2.75, 3.05) is 31.1 Å². The number of aromatic nitrogens is 2. The summed E-state index contributed by atoms with van der Waals surface area (Å²) >= 11 is 1.43. The van der Waals surface area contributed by atoms with Crippen molar-refractivity contribution in [1.29, 1.82) is 0 Å². The van der Waals surface area contributed by atoms with Gasteiger partial charge in [-0.25, -0.2) is 4.79 Å². The van der Waals surface area contributed by atoms with Gasteiger partial charge >= 0.3 is 6.09 Å². The lowest BCUT2D eigenvalue weighted by molar-refractivity contribution is 0.142. The first-order valence-electron chi connectivity index (χ1n) is 5.69. The van der Waals surface area contributed by atoms with Gasteiger partial charge in [-0.3, -0.25) is 4.98 Å². The van der Waals surface area contributed by atoms with E-state index in [-0.39, 0.29) is 0 Å². The standard InChI is InChI=1S/C11H12N4O2S/c16-11(17)15-6-4-14(5-7-15)10-9-8(18-13-10)2-1-3-12-9/h1-3H,4-7H2,(H,16,17). The molecular weight excluding hydrogens is 252 g/mol.